The van der Waals surface area contributed by atoms with Crippen LogP contribution < -0.4 is 15.4 Å². The van der Waals surface area contributed by atoms with E-state index in [-0.39, 0.29) is 11.7 Å². The number of hydrogen-bond acceptors (Lipinski definition) is 4. The van der Waals surface area contributed by atoms with Crippen molar-refractivity contribution in [3.05, 3.63) is 82.8 Å². The van der Waals surface area contributed by atoms with Crippen LogP contribution in [0, 0.1) is 5.82 Å². The molecule has 2 N–H and O–H groups in total. The van der Waals surface area contributed by atoms with Crippen LogP contribution in [0.3, 0.4) is 0 Å². The van der Waals surface area contributed by atoms with Gasteiger partial charge in [0, 0.05) is 23.3 Å². The average Bonchev–Trinajstić information content (AvgIpc) is 2.70. The zero-order valence-electron chi connectivity index (χ0n) is 15.2. The van der Waals surface area contributed by atoms with E-state index in [0.717, 1.165) is 0 Å². The highest BCUT2D eigenvalue weighted by atomic mass is 35.5. The first kappa shape index (κ1) is 19.6. The predicted molar refractivity (Wildman–Crippen MR) is 109 cm³/mol. The monoisotopic (exact) mass is 399 g/mol. The van der Waals surface area contributed by atoms with Crippen LogP contribution in [0.5, 0.6) is 5.75 Å². The molecule has 7 heteroatoms. The van der Waals surface area contributed by atoms with Crippen LogP contribution in [0.25, 0.3) is 0 Å². The third-order valence-electron chi connectivity index (χ3n) is 4.09. The van der Waals surface area contributed by atoms with Crippen LogP contribution in [-0.4, -0.2) is 24.5 Å². The Kier molecular flexibility index (Phi) is 6.45. The highest BCUT2D eigenvalue weighted by molar-refractivity contribution is 6.31. The van der Waals surface area contributed by atoms with Crippen molar-refractivity contribution in [3.63, 3.8) is 0 Å². The van der Waals surface area contributed by atoms with Crippen molar-refractivity contribution >= 4 is 29.0 Å². The van der Waals surface area contributed by atoms with Gasteiger partial charge in [-0.1, -0.05) is 29.8 Å². The van der Waals surface area contributed by atoms with Crippen LogP contribution in [0.1, 0.15) is 15.9 Å². The number of carbonyl (C=O) groups is 1. The Hall–Kier alpha value is -3.12. The molecule has 5 nitrogen and oxygen atoms in total. The number of pyridine rings is 1. The van der Waals surface area contributed by atoms with E-state index >= 15 is 0 Å². The molecule has 0 aliphatic rings. The first-order chi connectivity index (χ1) is 13.6. The Labute approximate surface area is 167 Å². The highest BCUT2D eigenvalue weighted by Crippen LogP contribution is 2.28. The number of nitrogens with zero attached hydrogens (tertiary/aromatic N) is 1. The van der Waals surface area contributed by atoms with Gasteiger partial charge in [0.2, 0.25) is 0 Å². The van der Waals surface area contributed by atoms with E-state index in [9.17, 15) is 9.18 Å². The molecule has 0 radical (unpaired) electrons. The zero-order chi connectivity index (χ0) is 19.9. The number of benzene rings is 2. The first-order valence-corrected chi connectivity index (χ1v) is 9.03. The predicted octanol–water partition coefficient (Wildman–Crippen LogP) is 4.79. The topological polar surface area (TPSA) is 63.2 Å². The van der Waals surface area contributed by atoms with Gasteiger partial charge in [0.15, 0.2) is 0 Å². The first-order valence-electron chi connectivity index (χ1n) is 8.65. The Morgan fingerprint density at radius 1 is 1.18 bits per heavy atom. The standard InChI is InChI=1S/C21H19ClFN3O2/c1-28-19-7-6-16(22)13-18(19)26-21(27)15-9-11-25-20(12-15)24-10-8-14-4-2-3-5-17(14)23/h2-7,9,11-13H,8,10H2,1H3,(H,24,25)(H,26,27). The number of ether oxygens (including phenoxy) is 1. The van der Waals surface area contributed by atoms with Crippen molar-refractivity contribution in [1.82, 2.24) is 4.98 Å². The maximum atomic E-state index is 13.7. The molecule has 0 bridgehead atoms. The number of nitrogens with one attached hydrogen (secondary N) is 2. The lowest BCUT2D eigenvalue weighted by atomic mass is 10.1. The largest absolute Gasteiger partial charge is 0.495 e. The van der Waals surface area contributed by atoms with Crippen LogP contribution in [-0.2, 0) is 6.42 Å². The summed E-state index contributed by atoms with van der Waals surface area (Å²) in [5, 5.41) is 6.38. The quantitative estimate of drug-likeness (QED) is 0.599. The Morgan fingerprint density at radius 2 is 2.00 bits per heavy atom. The van der Waals surface area contributed by atoms with Crippen LogP contribution in [0.4, 0.5) is 15.9 Å². The second-order valence-corrected chi connectivity index (χ2v) is 6.43. The molecule has 0 saturated heterocycles. The second kappa shape index (κ2) is 9.19. The lowest BCUT2D eigenvalue weighted by molar-refractivity contribution is 0.102. The fourth-order valence-corrected chi connectivity index (χ4v) is 2.84. The van der Waals surface area contributed by atoms with E-state index < -0.39 is 0 Å². The normalized spacial score (nSPS) is 10.4. The van der Waals surface area contributed by atoms with Crippen molar-refractivity contribution in [3.8, 4) is 5.75 Å². The van der Waals surface area contributed by atoms with Crippen molar-refractivity contribution < 1.29 is 13.9 Å². The number of rotatable bonds is 7. The third-order valence-corrected chi connectivity index (χ3v) is 4.33. The van der Waals surface area contributed by atoms with E-state index in [1.165, 1.54) is 19.4 Å². The molecule has 28 heavy (non-hydrogen) atoms. The van der Waals surface area contributed by atoms with Crippen molar-refractivity contribution in [2.75, 3.05) is 24.3 Å². The van der Waals surface area contributed by atoms with Crippen LogP contribution in [0.15, 0.2) is 60.8 Å². The van der Waals surface area contributed by atoms with Gasteiger partial charge < -0.3 is 15.4 Å². The molecular weight excluding hydrogens is 381 g/mol. The number of halogens is 2. The van der Waals surface area contributed by atoms with E-state index in [4.69, 9.17) is 16.3 Å². The molecule has 0 atom stereocenters. The van der Waals surface area contributed by atoms with Gasteiger partial charge in [-0.15, -0.1) is 0 Å². The lowest BCUT2D eigenvalue weighted by Crippen LogP contribution is -2.14. The summed E-state index contributed by atoms with van der Waals surface area (Å²) >= 11 is 5.99. The van der Waals surface area contributed by atoms with Gasteiger partial charge in [0.05, 0.1) is 12.8 Å². The molecule has 0 spiro atoms. The summed E-state index contributed by atoms with van der Waals surface area (Å²) in [4.78, 5) is 16.8. The zero-order valence-corrected chi connectivity index (χ0v) is 16.0. The molecule has 1 amide bonds. The fraction of sp³-hybridized carbons (Fsp3) is 0.143. The molecule has 0 aliphatic carbocycles. The molecular formula is C21H19ClFN3O2. The van der Waals surface area contributed by atoms with Gasteiger partial charge in [0.1, 0.15) is 17.4 Å². The molecule has 0 unspecified atom stereocenters. The van der Waals surface area contributed by atoms with Crippen molar-refractivity contribution in [1.29, 1.82) is 0 Å². The summed E-state index contributed by atoms with van der Waals surface area (Å²) in [5.74, 6) is 0.484. The van der Waals surface area contributed by atoms with Gasteiger partial charge in [-0.3, -0.25) is 4.79 Å². The maximum absolute atomic E-state index is 13.7. The molecule has 2 aromatic carbocycles. The molecule has 0 aliphatic heterocycles. The van der Waals surface area contributed by atoms with E-state index in [0.29, 0.717) is 46.4 Å². The van der Waals surface area contributed by atoms with Gasteiger partial charge in [-0.05, 0) is 48.4 Å². The van der Waals surface area contributed by atoms with Crippen LogP contribution >= 0.6 is 11.6 Å². The highest BCUT2D eigenvalue weighted by Gasteiger charge is 2.11. The number of anilines is 2. The maximum Gasteiger partial charge on any atom is 0.255 e. The van der Waals surface area contributed by atoms with Gasteiger partial charge in [-0.25, -0.2) is 9.37 Å². The molecule has 3 aromatic rings. The van der Waals surface area contributed by atoms with Gasteiger partial charge in [-0.2, -0.15) is 0 Å². The second-order valence-electron chi connectivity index (χ2n) is 6.00. The number of hydrogen-bond donors (Lipinski definition) is 2. The summed E-state index contributed by atoms with van der Waals surface area (Å²) < 4.78 is 18.9. The van der Waals surface area contributed by atoms with Crippen LogP contribution in [0.2, 0.25) is 5.02 Å². The number of amides is 1. The average molecular weight is 400 g/mol. The number of aromatic nitrogens is 1. The third kappa shape index (κ3) is 4.98. The minimum absolute atomic E-state index is 0.235. The minimum atomic E-state index is -0.319. The summed E-state index contributed by atoms with van der Waals surface area (Å²) in [6, 6.07) is 14.8. The number of methoxy groups -OCH3 is 1. The number of carbonyl (C=O) groups excluding carboxylic acids is 1. The Balaban J connectivity index is 1.65. The van der Waals surface area contributed by atoms with E-state index in [2.05, 4.69) is 15.6 Å². The molecule has 1 aromatic heterocycles. The Bertz CT molecular complexity index is 981. The summed E-state index contributed by atoms with van der Waals surface area (Å²) in [6.45, 7) is 0.487. The molecule has 0 fully saturated rings. The fourth-order valence-electron chi connectivity index (χ4n) is 2.67. The summed E-state index contributed by atoms with van der Waals surface area (Å²) in [7, 11) is 1.52. The van der Waals surface area contributed by atoms with Gasteiger partial charge in [0.25, 0.3) is 5.91 Å². The molecule has 144 valence electrons. The lowest BCUT2D eigenvalue weighted by Gasteiger charge is -2.11. The van der Waals surface area contributed by atoms with E-state index in [1.54, 1.807) is 48.5 Å². The minimum Gasteiger partial charge on any atom is -0.495 e. The molecule has 1 heterocycles. The van der Waals surface area contributed by atoms with Crippen molar-refractivity contribution in [2.24, 2.45) is 0 Å². The SMILES string of the molecule is COc1ccc(Cl)cc1NC(=O)c1ccnc(NCCc2ccccc2F)c1. The molecule has 3 rings (SSSR count). The van der Waals surface area contributed by atoms with Gasteiger partial charge >= 0.3 is 0 Å². The summed E-state index contributed by atoms with van der Waals surface area (Å²) in [6.07, 6.45) is 2.04. The Morgan fingerprint density at radius 3 is 2.79 bits per heavy atom. The van der Waals surface area contributed by atoms with E-state index in [1.807, 2.05) is 0 Å². The van der Waals surface area contributed by atoms with Crippen molar-refractivity contribution in [2.45, 2.75) is 6.42 Å². The molecule has 0 saturated carbocycles. The summed E-state index contributed by atoms with van der Waals surface area (Å²) in [5.41, 5.74) is 1.52. The smallest absolute Gasteiger partial charge is 0.255 e.